The number of imidazole rings is 1. The van der Waals surface area contributed by atoms with Crippen molar-refractivity contribution in [3.63, 3.8) is 0 Å². The van der Waals surface area contributed by atoms with Crippen LogP contribution in [-0.2, 0) is 0 Å². The Bertz CT molecular complexity index is 1240. The van der Waals surface area contributed by atoms with E-state index in [-0.39, 0.29) is 0 Å². The largest absolute Gasteiger partial charge is 0.367 e. The number of benzene rings is 1. The van der Waals surface area contributed by atoms with Gasteiger partial charge in [-0.25, -0.2) is 9.97 Å². The van der Waals surface area contributed by atoms with Gasteiger partial charge in [0.15, 0.2) is 0 Å². The molecular weight excluding hydrogens is 404 g/mol. The summed E-state index contributed by atoms with van der Waals surface area (Å²) in [5, 5.41) is 4.46. The summed E-state index contributed by atoms with van der Waals surface area (Å²) in [6, 6.07) is 18.3. The quantitative estimate of drug-likeness (QED) is 0.397. The number of fused-ring (bicyclic) bond motifs is 1. The molecule has 1 saturated carbocycles. The van der Waals surface area contributed by atoms with E-state index in [9.17, 15) is 0 Å². The normalized spacial score (nSPS) is 14.2. The zero-order valence-corrected chi connectivity index (χ0v) is 17.9. The number of nitrogens with one attached hydrogen (secondary N) is 1. The number of halogens is 1. The maximum Gasteiger partial charge on any atom is 0.139 e. The Balaban J connectivity index is 1.49. The second-order valence-electron chi connectivity index (χ2n) is 7.91. The molecule has 5 rings (SSSR count). The van der Waals surface area contributed by atoms with E-state index in [0.717, 1.165) is 34.0 Å². The van der Waals surface area contributed by atoms with E-state index in [4.69, 9.17) is 16.6 Å². The van der Waals surface area contributed by atoms with Crippen LogP contribution in [0.25, 0.3) is 16.9 Å². The van der Waals surface area contributed by atoms with Gasteiger partial charge in [0.1, 0.15) is 22.9 Å². The lowest BCUT2D eigenvalue weighted by molar-refractivity contribution is 0.462. The molecule has 0 atom stereocenters. The molecule has 4 aromatic rings. The van der Waals surface area contributed by atoms with Gasteiger partial charge in [-0.05, 0) is 55.2 Å². The second kappa shape index (κ2) is 8.83. The molecular formula is C26H23ClN4. The maximum atomic E-state index is 6.30. The minimum atomic E-state index is 0.467. The van der Waals surface area contributed by atoms with Gasteiger partial charge in [-0.2, -0.15) is 0 Å². The molecule has 3 heterocycles. The van der Waals surface area contributed by atoms with Gasteiger partial charge in [-0.3, -0.25) is 4.40 Å². The molecule has 0 spiro atoms. The summed E-state index contributed by atoms with van der Waals surface area (Å²) in [7, 11) is 0. The summed E-state index contributed by atoms with van der Waals surface area (Å²) >= 11 is 6.30. The van der Waals surface area contributed by atoms with Gasteiger partial charge < -0.3 is 5.32 Å². The second-order valence-corrected chi connectivity index (χ2v) is 8.34. The fourth-order valence-electron chi connectivity index (χ4n) is 4.08. The van der Waals surface area contributed by atoms with Crippen molar-refractivity contribution in [3.05, 3.63) is 83.3 Å². The molecule has 154 valence electrons. The molecule has 0 bridgehead atoms. The monoisotopic (exact) mass is 426 g/mol. The molecule has 1 aromatic carbocycles. The van der Waals surface area contributed by atoms with E-state index in [1.165, 1.54) is 32.1 Å². The average Bonchev–Trinajstić information content (AvgIpc) is 3.17. The van der Waals surface area contributed by atoms with Crippen molar-refractivity contribution in [1.82, 2.24) is 14.4 Å². The van der Waals surface area contributed by atoms with Crippen molar-refractivity contribution in [2.45, 2.75) is 38.1 Å². The van der Waals surface area contributed by atoms with Gasteiger partial charge in [0.2, 0.25) is 0 Å². The molecule has 0 saturated heterocycles. The predicted octanol–water partition coefficient (Wildman–Crippen LogP) is 6.19. The lowest BCUT2D eigenvalue weighted by Gasteiger charge is -2.24. The highest BCUT2D eigenvalue weighted by Gasteiger charge is 2.19. The summed E-state index contributed by atoms with van der Waals surface area (Å²) in [6.07, 6.45) is 9.94. The van der Waals surface area contributed by atoms with E-state index >= 15 is 0 Å². The zero-order valence-electron chi connectivity index (χ0n) is 17.2. The molecule has 5 heteroatoms. The molecule has 1 aliphatic carbocycles. The first-order valence-electron chi connectivity index (χ1n) is 10.7. The highest BCUT2D eigenvalue weighted by Crippen LogP contribution is 2.32. The number of hydrogen-bond acceptors (Lipinski definition) is 3. The number of nitrogens with zero attached hydrogens (tertiary/aromatic N) is 3. The molecule has 0 aliphatic heterocycles. The van der Waals surface area contributed by atoms with Crippen molar-refractivity contribution >= 4 is 23.1 Å². The van der Waals surface area contributed by atoms with Crippen LogP contribution >= 0.6 is 11.6 Å². The minimum absolute atomic E-state index is 0.467. The number of rotatable bonds is 3. The first-order chi connectivity index (χ1) is 15.3. The van der Waals surface area contributed by atoms with Crippen LogP contribution < -0.4 is 5.32 Å². The van der Waals surface area contributed by atoms with Crippen LogP contribution in [-0.4, -0.2) is 20.4 Å². The lowest BCUT2D eigenvalue weighted by Crippen LogP contribution is -2.23. The SMILES string of the molecule is Clc1ccc2nc(-c3ccc(C#Cc4ccccn4)cc3)c(NC3CCCCC3)n2c1. The van der Waals surface area contributed by atoms with Crippen molar-refractivity contribution in [3.8, 4) is 23.1 Å². The van der Waals surface area contributed by atoms with Gasteiger partial charge in [0, 0.05) is 29.6 Å². The van der Waals surface area contributed by atoms with Crippen molar-refractivity contribution < 1.29 is 0 Å². The third-order valence-electron chi connectivity index (χ3n) is 5.69. The Morgan fingerprint density at radius 1 is 0.935 bits per heavy atom. The maximum absolute atomic E-state index is 6.30. The summed E-state index contributed by atoms with van der Waals surface area (Å²) < 4.78 is 2.07. The fraction of sp³-hybridized carbons (Fsp3) is 0.231. The Hall–Kier alpha value is -3.29. The molecule has 3 aromatic heterocycles. The van der Waals surface area contributed by atoms with Crippen molar-refractivity contribution in [1.29, 1.82) is 0 Å². The number of hydrogen-bond donors (Lipinski definition) is 1. The minimum Gasteiger partial charge on any atom is -0.367 e. The molecule has 0 unspecified atom stereocenters. The van der Waals surface area contributed by atoms with Gasteiger partial charge in [-0.1, -0.05) is 55.0 Å². The van der Waals surface area contributed by atoms with Gasteiger partial charge >= 0.3 is 0 Å². The van der Waals surface area contributed by atoms with Crippen molar-refractivity contribution in [2.24, 2.45) is 0 Å². The smallest absolute Gasteiger partial charge is 0.139 e. The van der Waals surface area contributed by atoms with E-state index in [2.05, 4.69) is 38.7 Å². The highest BCUT2D eigenvalue weighted by atomic mass is 35.5. The highest BCUT2D eigenvalue weighted by molar-refractivity contribution is 6.30. The van der Waals surface area contributed by atoms with E-state index in [0.29, 0.717) is 11.1 Å². The van der Waals surface area contributed by atoms with Gasteiger partial charge in [0.05, 0.1) is 5.02 Å². The topological polar surface area (TPSA) is 42.2 Å². The van der Waals surface area contributed by atoms with Crippen LogP contribution in [0.4, 0.5) is 5.82 Å². The molecule has 1 aliphatic rings. The Morgan fingerprint density at radius 2 is 1.77 bits per heavy atom. The molecule has 1 N–H and O–H groups in total. The van der Waals surface area contributed by atoms with E-state index < -0.39 is 0 Å². The zero-order chi connectivity index (χ0) is 21.0. The number of aromatic nitrogens is 3. The predicted molar refractivity (Wildman–Crippen MR) is 126 cm³/mol. The Kier molecular flexibility index (Phi) is 5.60. The molecule has 0 radical (unpaired) electrons. The van der Waals surface area contributed by atoms with Crippen LogP contribution in [0.2, 0.25) is 5.02 Å². The van der Waals surface area contributed by atoms with Crippen LogP contribution in [0.15, 0.2) is 67.0 Å². The number of anilines is 1. The van der Waals surface area contributed by atoms with Crippen LogP contribution in [0.5, 0.6) is 0 Å². The summed E-state index contributed by atoms with van der Waals surface area (Å²) in [5.74, 6) is 7.30. The first kappa shape index (κ1) is 19.7. The fourth-order valence-corrected chi connectivity index (χ4v) is 4.24. The molecule has 0 amide bonds. The molecule has 4 nitrogen and oxygen atoms in total. The third-order valence-corrected chi connectivity index (χ3v) is 5.91. The van der Waals surface area contributed by atoms with Gasteiger partial charge in [-0.15, -0.1) is 0 Å². The molecule has 31 heavy (non-hydrogen) atoms. The summed E-state index contributed by atoms with van der Waals surface area (Å²) in [6.45, 7) is 0. The van der Waals surface area contributed by atoms with Gasteiger partial charge in [0.25, 0.3) is 0 Å². The number of pyridine rings is 2. The standard InChI is InChI=1S/C26H23ClN4/c27-21-14-16-24-30-25(26(31(24)18-21)29-23-7-2-1-3-8-23)20-12-9-19(10-13-20)11-15-22-6-4-5-17-28-22/h4-6,9-10,12-14,16-18,23,29H,1-3,7-8H2. The Labute approximate surface area is 187 Å². The van der Waals surface area contributed by atoms with Crippen LogP contribution in [0, 0.1) is 11.8 Å². The van der Waals surface area contributed by atoms with Crippen LogP contribution in [0.3, 0.4) is 0 Å². The molecule has 1 fully saturated rings. The Morgan fingerprint density at radius 3 is 2.55 bits per heavy atom. The average molecular weight is 427 g/mol. The summed E-state index contributed by atoms with van der Waals surface area (Å²) in [4.78, 5) is 9.16. The van der Waals surface area contributed by atoms with E-state index in [1.54, 1.807) is 6.20 Å². The van der Waals surface area contributed by atoms with E-state index in [1.807, 2.05) is 48.7 Å². The van der Waals surface area contributed by atoms with Crippen LogP contribution in [0.1, 0.15) is 43.4 Å². The third kappa shape index (κ3) is 4.42. The van der Waals surface area contributed by atoms with Crippen molar-refractivity contribution in [2.75, 3.05) is 5.32 Å². The lowest BCUT2D eigenvalue weighted by atomic mass is 9.95. The first-order valence-corrected chi connectivity index (χ1v) is 11.1. The summed E-state index contributed by atoms with van der Waals surface area (Å²) in [5.41, 5.74) is 4.60.